The zero-order chi connectivity index (χ0) is 24.9. The summed E-state index contributed by atoms with van der Waals surface area (Å²) in [5.41, 5.74) is -0.295. The highest BCUT2D eigenvalue weighted by molar-refractivity contribution is 6.29. The van der Waals surface area contributed by atoms with Gasteiger partial charge >= 0.3 is 0 Å². The van der Waals surface area contributed by atoms with Gasteiger partial charge in [0.2, 0.25) is 0 Å². The first-order valence-electron chi connectivity index (χ1n) is 13.8. The quantitative estimate of drug-likeness (QED) is 0.130. The molecule has 0 aliphatic rings. The van der Waals surface area contributed by atoms with Gasteiger partial charge in [0.1, 0.15) is 5.78 Å². The molecule has 0 bridgehead atoms. The van der Waals surface area contributed by atoms with Crippen molar-refractivity contribution >= 4 is 29.0 Å². The van der Waals surface area contributed by atoms with Crippen LogP contribution in [0, 0.1) is 35.0 Å². The summed E-state index contributed by atoms with van der Waals surface area (Å²) in [5.74, 6) is 2.59. The fourth-order valence-corrected chi connectivity index (χ4v) is 6.77. The highest BCUT2D eigenvalue weighted by Gasteiger charge is 2.51. The molecule has 7 atom stereocenters. The van der Waals surface area contributed by atoms with Crippen molar-refractivity contribution < 1.29 is 4.79 Å². The minimum absolute atomic E-state index is 0.00811. The fraction of sp³-hybridized carbons (Fsp3) is 0.966. The van der Waals surface area contributed by atoms with Crippen molar-refractivity contribution in [2.75, 3.05) is 0 Å². The molecule has 0 rings (SSSR count). The third kappa shape index (κ3) is 9.13. The number of halogens is 2. The number of alkyl halides is 2. The molecule has 0 aromatic heterocycles. The normalized spacial score (nSPS) is 19.8. The van der Waals surface area contributed by atoms with E-state index < -0.39 is 0 Å². The first-order chi connectivity index (χ1) is 15.0. The Morgan fingerprint density at radius 2 is 1.34 bits per heavy atom. The summed E-state index contributed by atoms with van der Waals surface area (Å²) in [5, 5.41) is -0.0124. The van der Waals surface area contributed by atoms with Crippen molar-refractivity contribution in [3.05, 3.63) is 0 Å². The first-order valence-corrected chi connectivity index (χ1v) is 14.7. The summed E-state index contributed by atoms with van der Waals surface area (Å²) in [6.45, 7) is 20.2. The van der Waals surface area contributed by atoms with Crippen LogP contribution in [0.5, 0.6) is 0 Å². The number of unbranched alkanes of at least 4 members (excludes halogenated alkanes) is 4. The maximum Gasteiger partial charge on any atom is 0.136 e. The number of carbonyl (C=O) groups is 1. The van der Waals surface area contributed by atoms with Gasteiger partial charge in [-0.1, -0.05) is 100 Å². The average Bonchev–Trinajstić information content (AvgIpc) is 2.76. The van der Waals surface area contributed by atoms with Crippen LogP contribution in [0.1, 0.15) is 133 Å². The van der Waals surface area contributed by atoms with E-state index >= 15 is 0 Å². The van der Waals surface area contributed by atoms with Gasteiger partial charge in [0, 0.05) is 16.2 Å². The van der Waals surface area contributed by atoms with Gasteiger partial charge in [0.25, 0.3) is 0 Å². The van der Waals surface area contributed by atoms with E-state index in [1.165, 1.54) is 38.5 Å². The lowest BCUT2D eigenvalue weighted by Gasteiger charge is -2.50. The highest BCUT2D eigenvalue weighted by Crippen LogP contribution is 2.52. The summed E-state index contributed by atoms with van der Waals surface area (Å²) >= 11 is 13.1. The molecule has 0 aromatic carbocycles. The van der Waals surface area contributed by atoms with Crippen LogP contribution in [0.3, 0.4) is 0 Å². The Hall–Kier alpha value is 0.250. The second kappa shape index (κ2) is 16.8. The van der Waals surface area contributed by atoms with Crippen LogP contribution in [0.25, 0.3) is 0 Å². The molecule has 0 N–H and O–H groups in total. The Balaban J connectivity index is 5.85. The first kappa shape index (κ1) is 32.2. The van der Waals surface area contributed by atoms with Crippen molar-refractivity contribution in [3.63, 3.8) is 0 Å². The summed E-state index contributed by atoms with van der Waals surface area (Å²) in [6.07, 6.45) is 12.7. The third-order valence-corrected chi connectivity index (χ3v) is 9.94. The zero-order valence-corrected chi connectivity index (χ0v) is 24.5. The minimum Gasteiger partial charge on any atom is -0.299 e. The van der Waals surface area contributed by atoms with E-state index in [4.69, 9.17) is 23.2 Å². The monoisotopic (exact) mass is 490 g/mol. The smallest absolute Gasteiger partial charge is 0.136 e. The molecule has 32 heavy (non-hydrogen) atoms. The topological polar surface area (TPSA) is 17.1 Å². The molecule has 0 aliphatic heterocycles. The van der Waals surface area contributed by atoms with Crippen LogP contribution < -0.4 is 0 Å². The second-order valence-electron chi connectivity index (χ2n) is 11.0. The summed E-state index contributed by atoms with van der Waals surface area (Å²) < 4.78 is 0. The van der Waals surface area contributed by atoms with Crippen LogP contribution in [0.2, 0.25) is 0 Å². The molecule has 7 unspecified atom stereocenters. The summed E-state index contributed by atoms with van der Waals surface area (Å²) in [7, 11) is 0. The van der Waals surface area contributed by atoms with E-state index in [0.29, 0.717) is 35.4 Å². The average molecular weight is 492 g/mol. The van der Waals surface area contributed by atoms with Crippen LogP contribution in [-0.4, -0.2) is 16.5 Å². The standard InChI is InChI=1S/C29H56Cl2O/c1-10-13-15-16-17-22(6)23(7)24(8)29(21(4)5,25(9)32)26(18-14-11-2)19-20-28(31)27(30)12-3/h21-24,26-28H,10-20H2,1-9H3. The molecule has 0 aromatic rings. The van der Waals surface area contributed by atoms with Gasteiger partial charge < -0.3 is 0 Å². The Kier molecular flexibility index (Phi) is 16.9. The van der Waals surface area contributed by atoms with Crippen LogP contribution in [0.15, 0.2) is 0 Å². The molecule has 0 spiro atoms. The number of rotatable bonds is 19. The van der Waals surface area contributed by atoms with E-state index in [1.54, 1.807) is 0 Å². The van der Waals surface area contributed by atoms with Crippen molar-refractivity contribution in [3.8, 4) is 0 Å². The van der Waals surface area contributed by atoms with Crippen molar-refractivity contribution in [1.29, 1.82) is 0 Å². The predicted octanol–water partition coefficient (Wildman–Crippen LogP) is 10.3. The maximum atomic E-state index is 13.6. The van der Waals surface area contributed by atoms with E-state index in [9.17, 15) is 4.79 Å². The van der Waals surface area contributed by atoms with Crippen LogP contribution in [-0.2, 0) is 4.79 Å². The molecule has 192 valence electrons. The number of ketones is 1. The van der Waals surface area contributed by atoms with Gasteiger partial charge in [-0.15, -0.1) is 23.2 Å². The van der Waals surface area contributed by atoms with Gasteiger partial charge in [-0.3, -0.25) is 4.79 Å². The van der Waals surface area contributed by atoms with Gasteiger partial charge in [-0.2, -0.15) is 0 Å². The molecule has 0 radical (unpaired) electrons. The number of Topliss-reactive ketones (excluding diaryl/α,β-unsaturated/α-hetero) is 1. The lowest BCUT2D eigenvalue weighted by atomic mass is 9.53. The van der Waals surface area contributed by atoms with E-state index in [1.807, 2.05) is 6.92 Å². The lowest BCUT2D eigenvalue weighted by Crippen LogP contribution is -2.50. The van der Waals surface area contributed by atoms with Crippen LogP contribution >= 0.6 is 23.2 Å². The molecule has 0 amide bonds. The predicted molar refractivity (Wildman–Crippen MR) is 146 cm³/mol. The Bertz CT molecular complexity index is 492. The number of hydrogen-bond acceptors (Lipinski definition) is 1. The Labute approximate surface area is 212 Å². The van der Waals surface area contributed by atoms with Crippen LogP contribution in [0.4, 0.5) is 0 Å². The summed E-state index contributed by atoms with van der Waals surface area (Å²) in [6, 6.07) is 0. The largest absolute Gasteiger partial charge is 0.299 e. The summed E-state index contributed by atoms with van der Waals surface area (Å²) in [4.78, 5) is 13.6. The maximum absolute atomic E-state index is 13.6. The fourth-order valence-electron chi connectivity index (χ4n) is 6.34. The molecule has 0 saturated carbocycles. The molecule has 3 heteroatoms. The van der Waals surface area contributed by atoms with E-state index in [2.05, 4.69) is 55.4 Å². The van der Waals surface area contributed by atoms with Gasteiger partial charge in [0.05, 0.1) is 0 Å². The Morgan fingerprint density at radius 1 is 0.750 bits per heavy atom. The molecular formula is C29H56Cl2O. The molecule has 0 saturated heterocycles. The molecule has 0 heterocycles. The van der Waals surface area contributed by atoms with Gasteiger partial charge in [-0.25, -0.2) is 0 Å². The van der Waals surface area contributed by atoms with Crippen molar-refractivity contribution in [2.45, 2.75) is 144 Å². The molecule has 0 aliphatic carbocycles. The second-order valence-corrected chi connectivity index (χ2v) is 12.1. The number of carbonyl (C=O) groups excluding carboxylic acids is 1. The minimum atomic E-state index is -0.295. The lowest BCUT2D eigenvalue weighted by molar-refractivity contribution is -0.142. The highest BCUT2D eigenvalue weighted by atomic mass is 35.5. The van der Waals surface area contributed by atoms with Crippen molar-refractivity contribution in [2.24, 2.45) is 35.0 Å². The third-order valence-electron chi connectivity index (χ3n) is 8.67. The van der Waals surface area contributed by atoms with E-state index in [0.717, 1.165) is 32.1 Å². The van der Waals surface area contributed by atoms with E-state index in [-0.39, 0.29) is 16.2 Å². The van der Waals surface area contributed by atoms with Crippen molar-refractivity contribution in [1.82, 2.24) is 0 Å². The Morgan fingerprint density at radius 3 is 1.81 bits per heavy atom. The zero-order valence-electron chi connectivity index (χ0n) is 23.0. The SMILES string of the molecule is CCCCCCC(C)C(C)C(C)C(C(C)=O)(C(C)C)C(CCCC)CCC(Cl)C(Cl)CC. The van der Waals surface area contributed by atoms with Gasteiger partial charge in [0.15, 0.2) is 0 Å². The van der Waals surface area contributed by atoms with Gasteiger partial charge in [-0.05, 0) is 62.2 Å². The molecular weight excluding hydrogens is 435 g/mol. The molecule has 1 nitrogen and oxygen atoms in total. The number of hydrogen-bond donors (Lipinski definition) is 0. The molecule has 0 fully saturated rings.